The van der Waals surface area contributed by atoms with Crippen molar-refractivity contribution in [1.29, 1.82) is 0 Å². The maximum Gasteiger partial charge on any atom is 0.513 e. The summed E-state index contributed by atoms with van der Waals surface area (Å²) < 4.78 is 18.7. The number of thiocarbonyl (C=S) groups is 1. The number of isothiocyanates is 1. The van der Waals surface area contributed by atoms with E-state index in [1.54, 1.807) is 35.5 Å². The molecule has 0 spiro atoms. The summed E-state index contributed by atoms with van der Waals surface area (Å²) >= 11 is 4.19. The summed E-state index contributed by atoms with van der Waals surface area (Å²) in [6, 6.07) is 8.20. The lowest BCUT2D eigenvalue weighted by Gasteiger charge is -2.05. The maximum absolute atomic E-state index is 11.0. The first kappa shape index (κ1) is 10.1. The van der Waals surface area contributed by atoms with E-state index in [9.17, 15) is 4.57 Å². The van der Waals surface area contributed by atoms with Gasteiger partial charge in [-0.25, -0.2) is 4.57 Å². The molecule has 0 heterocycles. The highest BCUT2D eigenvalue weighted by atomic mass is 32.1. The number of rotatable bonds is 3. The van der Waals surface area contributed by atoms with E-state index in [4.69, 9.17) is 4.89 Å². The Morgan fingerprint density at radius 2 is 2.08 bits per heavy atom. The molecule has 68 valence electrons. The molecule has 4 nitrogen and oxygen atoms in total. The third kappa shape index (κ3) is 3.49. The van der Waals surface area contributed by atoms with Gasteiger partial charge in [0.1, 0.15) is 5.75 Å². The minimum Gasteiger partial charge on any atom is -0.408 e. The average Bonchev–Trinajstić information content (AvgIpc) is 2.04. The van der Waals surface area contributed by atoms with Crippen molar-refractivity contribution < 1.29 is 14.0 Å². The first-order chi connectivity index (χ1) is 6.14. The van der Waals surface area contributed by atoms with E-state index in [0.717, 1.165) is 0 Å². The molecule has 1 unspecified atom stereocenters. The zero-order chi connectivity index (χ0) is 9.73. The van der Waals surface area contributed by atoms with Crippen LogP contribution in [0.5, 0.6) is 5.75 Å². The van der Waals surface area contributed by atoms with Crippen LogP contribution < -0.4 is 4.52 Å². The van der Waals surface area contributed by atoms with E-state index < -0.39 is 7.75 Å². The molecule has 13 heavy (non-hydrogen) atoms. The van der Waals surface area contributed by atoms with Crippen molar-refractivity contribution in [3.63, 3.8) is 0 Å². The summed E-state index contributed by atoms with van der Waals surface area (Å²) in [6.07, 6.45) is 0. The van der Waals surface area contributed by atoms with E-state index in [1.807, 2.05) is 0 Å². The summed E-state index contributed by atoms with van der Waals surface area (Å²) in [4.78, 5) is 9.01. The molecule has 1 atom stereocenters. The van der Waals surface area contributed by atoms with Gasteiger partial charge >= 0.3 is 7.75 Å². The summed E-state index contributed by atoms with van der Waals surface area (Å²) in [7, 11) is -4.00. The Morgan fingerprint density at radius 1 is 1.46 bits per heavy atom. The fraction of sp³-hybridized carbons (Fsp3) is 0. The molecule has 1 rings (SSSR count). The molecule has 6 heteroatoms. The van der Waals surface area contributed by atoms with E-state index >= 15 is 0 Å². The number of benzene rings is 1. The Balaban J connectivity index is 2.81. The molecule has 0 saturated carbocycles. The predicted molar refractivity (Wildman–Crippen MR) is 51.9 cm³/mol. The lowest BCUT2D eigenvalue weighted by molar-refractivity contribution is 0.382. The average molecular weight is 215 g/mol. The first-order valence-electron chi connectivity index (χ1n) is 3.31. The Bertz CT molecular complexity index is 375. The Kier molecular flexibility index (Phi) is 3.34. The highest BCUT2D eigenvalue weighted by molar-refractivity contribution is 7.78. The highest BCUT2D eigenvalue weighted by Gasteiger charge is 2.18. The van der Waals surface area contributed by atoms with Gasteiger partial charge in [-0.05, 0) is 24.4 Å². The normalized spacial score (nSPS) is 13.9. The largest absolute Gasteiger partial charge is 0.513 e. The highest BCUT2D eigenvalue weighted by Crippen LogP contribution is 2.43. The van der Waals surface area contributed by atoms with Crippen LogP contribution in [0.2, 0.25) is 0 Å². The van der Waals surface area contributed by atoms with Crippen LogP contribution in [0.4, 0.5) is 0 Å². The molecule has 0 radical (unpaired) electrons. The van der Waals surface area contributed by atoms with Gasteiger partial charge in [-0.15, -0.1) is 4.76 Å². The first-order valence-corrected chi connectivity index (χ1v) is 5.25. The van der Waals surface area contributed by atoms with Crippen LogP contribution in [0.1, 0.15) is 0 Å². The van der Waals surface area contributed by atoms with Crippen molar-refractivity contribution in [2.75, 3.05) is 0 Å². The monoisotopic (exact) mass is 215 g/mol. The van der Waals surface area contributed by atoms with Gasteiger partial charge in [-0.1, -0.05) is 18.2 Å². The van der Waals surface area contributed by atoms with Crippen LogP contribution in [0.15, 0.2) is 35.1 Å². The van der Waals surface area contributed by atoms with Crippen molar-refractivity contribution in [3.8, 4) is 5.75 Å². The molecule has 0 saturated heterocycles. The molecule has 1 aromatic rings. The van der Waals surface area contributed by atoms with Gasteiger partial charge < -0.3 is 4.52 Å². The van der Waals surface area contributed by atoms with Crippen LogP contribution in [0, 0.1) is 0 Å². The minimum atomic E-state index is -4.00. The molecule has 0 amide bonds. The van der Waals surface area contributed by atoms with Crippen molar-refractivity contribution >= 4 is 25.1 Å². The predicted octanol–water partition coefficient (Wildman–Crippen LogP) is 2.27. The smallest absolute Gasteiger partial charge is 0.408 e. The Hall–Kier alpha value is -0.990. The van der Waals surface area contributed by atoms with Gasteiger partial charge in [0.05, 0.1) is 5.16 Å². The number of hydrogen-bond donors (Lipinski definition) is 1. The molecule has 0 bridgehead atoms. The van der Waals surface area contributed by atoms with Crippen LogP contribution in [-0.2, 0) is 4.57 Å². The van der Waals surface area contributed by atoms with E-state index in [1.165, 1.54) is 0 Å². The molecular formula is C7H6NO3PS. The van der Waals surface area contributed by atoms with Crippen molar-refractivity contribution in [3.05, 3.63) is 30.3 Å². The van der Waals surface area contributed by atoms with E-state index in [2.05, 4.69) is 21.5 Å². The number of para-hydroxylation sites is 1. The van der Waals surface area contributed by atoms with Crippen LogP contribution in [-0.4, -0.2) is 10.1 Å². The Morgan fingerprint density at radius 3 is 2.62 bits per heavy atom. The molecule has 1 N–H and O–H groups in total. The quantitative estimate of drug-likeness (QED) is 0.477. The maximum atomic E-state index is 11.0. The molecular weight excluding hydrogens is 209 g/mol. The van der Waals surface area contributed by atoms with Crippen molar-refractivity contribution in [2.24, 2.45) is 4.76 Å². The molecule has 0 aliphatic carbocycles. The zero-order valence-electron chi connectivity index (χ0n) is 6.45. The lowest BCUT2D eigenvalue weighted by Crippen LogP contribution is -1.87. The fourth-order valence-corrected chi connectivity index (χ4v) is 1.54. The summed E-state index contributed by atoms with van der Waals surface area (Å²) in [6.45, 7) is 0. The van der Waals surface area contributed by atoms with Crippen LogP contribution >= 0.6 is 20.0 Å². The van der Waals surface area contributed by atoms with Gasteiger partial charge in [-0.3, -0.25) is 4.89 Å². The van der Waals surface area contributed by atoms with Gasteiger partial charge in [-0.2, -0.15) is 0 Å². The molecule has 0 fully saturated rings. The van der Waals surface area contributed by atoms with Crippen molar-refractivity contribution in [1.82, 2.24) is 0 Å². The zero-order valence-corrected chi connectivity index (χ0v) is 8.16. The topological polar surface area (TPSA) is 58.9 Å². The van der Waals surface area contributed by atoms with E-state index in [-0.39, 0.29) is 5.75 Å². The second-order valence-electron chi connectivity index (χ2n) is 2.09. The second kappa shape index (κ2) is 4.30. The van der Waals surface area contributed by atoms with Gasteiger partial charge in [0, 0.05) is 0 Å². The van der Waals surface area contributed by atoms with Crippen molar-refractivity contribution in [2.45, 2.75) is 0 Å². The summed E-state index contributed by atoms with van der Waals surface area (Å²) in [5.74, 6) is 0.266. The number of nitrogens with zero attached hydrogens (tertiary/aromatic N) is 1. The van der Waals surface area contributed by atoms with Gasteiger partial charge in [0.15, 0.2) is 0 Å². The summed E-state index contributed by atoms with van der Waals surface area (Å²) in [5, 5.41) is 1.80. The standard InChI is InChI=1S/C7H6NO3PS/c9-12(10,8-6-13)11-7-4-2-1-3-5-7/h1-5H,(H,9,10). The van der Waals surface area contributed by atoms with E-state index in [0.29, 0.717) is 0 Å². The lowest BCUT2D eigenvalue weighted by atomic mass is 10.3. The fourth-order valence-electron chi connectivity index (χ4n) is 0.691. The second-order valence-corrected chi connectivity index (χ2v) is 3.63. The third-order valence-corrected chi connectivity index (χ3v) is 2.16. The Labute approximate surface area is 80.5 Å². The summed E-state index contributed by atoms with van der Waals surface area (Å²) in [5.41, 5.74) is 0. The number of hydrogen-bond acceptors (Lipinski definition) is 3. The molecule has 1 aromatic carbocycles. The molecule has 0 aliphatic rings. The van der Waals surface area contributed by atoms with Crippen LogP contribution in [0.3, 0.4) is 0 Å². The third-order valence-electron chi connectivity index (χ3n) is 1.13. The molecule has 0 aliphatic heterocycles. The SMILES string of the molecule is O=P(O)(N=C=S)Oc1ccccc1. The minimum absolute atomic E-state index is 0.266. The van der Waals surface area contributed by atoms with Gasteiger partial charge in [0.2, 0.25) is 0 Å². The van der Waals surface area contributed by atoms with Crippen LogP contribution in [0.25, 0.3) is 0 Å². The molecule has 0 aromatic heterocycles. The van der Waals surface area contributed by atoms with Gasteiger partial charge in [0.25, 0.3) is 0 Å².